The molecule has 28 heavy (non-hydrogen) atoms. The van der Waals surface area contributed by atoms with Crippen molar-refractivity contribution in [1.82, 2.24) is 9.88 Å². The van der Waals surface area contributed by atoms with Crippen molar-refractivity contribution in [1.29, 1.82) is 0 Å². The van der Waals surface area contributed by atoms with Gasteiger partial charge >= 0.3 is 0 Å². The topological polar surface area (TPSA) is 66.9 Å². The van der Waals surface area contributed by atoms with Crippen LogP contribution in [-0.4, -0.2) is 62.2 Å². The number of amides is 1. The highest BCUT2D eigenvalue weighted by atomic mass is 16.5. The first-order valence-electron chi connectivity index (χ1n) is 9.69. The Balaban J connectivity index is 1.50. The quantitative estimate of drug-likeness (QED) is 0.755. The molecule has 0 bridgehead atoms. The number of hydrogen-bond donors (Lipinski definition) is 1. The highest BCUT2D eigenvalue weighted by Gasteiger charge is 2.15. The fourth-order valence-corrected chi connectivity index (χ4v) is 2.92. The standard InChI is InChI=1S/C21H28N4O3/c1-3-14-27-18-6-4-5-7-19(18)28-16-21(26)23-17-8-9-20(22-15-17)25-12-10-24(2)11-13-25/h4-9,15H,3,10-14,16H2,1-2H3,(H,23,26). The van der Waals surface area contributed by atoms with Gasteiger partial charge in [0.2, 0.25) is 0 Å². The average molecular weight is 384 g/mol. The molecule has 0 aliphatic carbocycles. The number of carbonyl (C=O) groups is 1. The van der Waals surface area contributed by atoms with Crippen molar-refractivity contribution in [3.05, 3.63) is 42.6 Å². The molecule has 7 heteroatoms. The molecule has 1 aliphatic heterocycles. The second-order valence-electron chi connectivity index (χ2n) is 6.83. The number of benzene rings is 1. The van der Waals surface area contributed by atoms with Crippen molar-refractivity contribution in [3.63, 3.8) is 0 Å². The summed E-state index contributed by atoms with van der Waals surface area (Å²) in [5, 5.41) is 2.82. The number of anilines is 2. The number of likely N-dealkylation sites (N-methyl/N-ethyl adjacent to an activating group) is 1. The third-order valence-electron chi connectivity index (χ3n) is 4.53. The van der Waals surface area contributed by atoms with E-state index in [0.717, 1.165) is 38.4 Å². The third-order valence-corrected chi connectivity index (χ3v) is 4.53. The highest BCUT2D eigenvalue weighted by molar-refractivity contribution is 5.91. The normalized spacial score (nSPS) is 14.6. The molecular weight excluding hydrogens is 356 g/mol. The summed E-state index contributed by atoms with van der Waals surface area (Å²) in [5.41, 5.74) is 0.655. The molecule has 1 aromatic heterocycles. The average Bonchev–Trinajstić information content (AvgIpc) is 2.72. The van der Waals surface area contributed by atoms with Gasteiger partial charge < -0.3 is 24.6 Å². The second-order valence-corrected chi connectivity index (χ2v) is 6.83. The summed E-state index contributed by atoms with van der Waals surface area (Å²) < 4.78 is 11.3. The van der Waals surface area contributed by atoms with Gasteiger partial charge in [0.25, 0.3) is 5.91 Å². The number of aromatic nitrogens is 1. The first kappa shape index (κ1) is 19.9. The molecule has 1 saturated heterocycles. The minimum atomic E-state index is -0.237. The fraction of sp³-hybridized carbons (Fsp3) is 0.429. The number of pyridine rings is 1. The number of ether oxygens (including phenoxy) is 2. The zero-order chi connectivity index (χ0) is 19.8. The maximum absolute atomic E-state index is 12.2. The minimum absolute atomic E-state index is 0.0906. The maximum Gasteiger partial charge on any atom is 0.262 e. The number of rotatable bonds is 8. The number of hydrogen-bond acceptors (Lipinski definition) is 6. The van der Waals surface area contributed by atoms with Crippen molar-refractivity contribution < 1.29 is 14.3 Å². The SMILES string of the molecule is CCCOc1ccccc1OCC(=O)Nc1ccc(N2CCN(C)CC2)nc1. The predicted molar refractivity (Wildman–Crippen MR) is 110 cm³/mol. The Hall–Kier alpha value is -2.80. The lowest BCUT2D eigenvalue weighted by molar-refractivity contribution is -0.118. The molecule has 0 saturated carbocycles. The lowest BCUT2D eigenvalue weighted by Crippen LogP contribution is -2.44. The molecule has 0 radical (unpaired) electrons. The van der Waals surface area contributed by atoms with Crippen LogP contribution in [0.25, 0.3) is 0 Å². The Kier molecular flexibility index (Phi) is 7.08. The Morgan fingerprint density at radius 2 is 1.79 bits per heavy atom. The number of para-hydroxylation sites is 2. The van der Waals surface area contributed by atoms with Crippen molar-refractivity contribution in [2.24, 2.45) is 0 Å². The zero-order valence-electron chi connectivity index (χ0n) is 16.6. The van der Waals surface area contributed by atoms with E-state index in [1.54, 1.807) is 12.3 Å². The zero-order valence-corrected chi connectivity index (χ0v) is 16.6. The second kappa shape index (κ2) is 9.94. The fourth-order valence-electron chi connectivity index (χ4n) is 2.92. The van der Waals surface area contributed by atoms with Crippen LogP contribution >= 0.6 is 0 Å². The molecule has 0 atom stereocenters. The summed E-state index contributed by atoms with van der Waals surface area (Å²) in [6.45, 7) is 6.54. The predicted octanol–water partition coefficient (Wildman–Crippen LogP) is 2.64. The van der Waals surface area contributed by atoms with Crippen molar-refractivity contribution in [3.8, 4) is 11.5 Å². The van der Waals surface area contributed by atoms with Gasteiger partial charge in [-0.05, 0) is 37.7 Å². The molecule has 1 aromatic carbocycles. The number of nitrogens with one attached hydrogen (secondary N) is 1. The smallest absolute Gasteiger partial charge is 0.262 e. The van der Waals surface area contributed by atoms with E-state index in [0.29, 0.717) is 23.8 Å². The number of carbonyl (C=O) groups excluding carboxylic acids is 1. The molecule has 0 unspecified atom stereocenters. The molecule has 1 amide bonds. The van der Waals surface area contributed by atoms with Crippen LogP contribution in [0.3, 0.4) is 0 Å². The molecule has 7 nitrogen and oxygen atoms in total. The van der Waals surface area contributed by atoms with E-state index in [9.17, 15) is 4.79 Å². The van der Waals surface area contributed by atoms with Crippen LogP contribution in [0.4, 0.5) is 11.5 Å². The first-order chi connectivity index (χ1) is 13.7. The van der Waals surface area contributed by atoms with E-state index in [1.807, 2.05) is 37.3 Å². The third kappa shape index (κ3) is 5.60. The van der Waals surface area contributed by atoms with Gasteiger partial charge in [-0.3, -0.25) is 4.79 Å². The van der Waals surface area contributed by atoms with E-state index in [-0.39, 0.29) is 12.5 Å². The summed E-state index contributed by atoms with van der Waals surface area (Å²) in [6.07, 6.45) is 2.59. The molecule has 1 aliphatic rings. The van der Waals surface area contributed by atoms with Crippen molar-refractivity contribution >= 4 is 17.4 Å². The largest absolute Gasteiger partial charge is 0.490 e. The molecule has 1 fully saturated rings. The van der Waals surface area contributed by atoms with Crippen molar-refractivity contribution in [2.45, 2.75) is 13.3 Å². The van der Waals surface area contributed by atoms with Crippen molar-refractivity contribution in [2.75, 3.05) is 56.7 Å². The van der Waals surface area contributed by atoms with Crippen LogP contribution < -0.4 is 19.7 Å². The first-order valence-corrected chi connectivity index (χ1v) is 9.69. The van der Waals surface area contributed by atoms with E-state index in [4.69, 9.17) is 9.47 Å². The van der Waals surface area contributed by atoms with Gasteiger partial charge in [0.15, 0.2) is 18.1 Å². The van der Waals surface area contributed by atoms with Gasteiger partial charge in [0.05, 0.1) is 18.5 Å². The molecule has 0 spiro atoms. The van der Waals surface area contributed by atoms with E-state index in [2.05, 4.69) is 27.1 Å². The maximum atomic E-state index is 12.2. The summed E-state index contributed by atoms with van der Waals surface area (Å²) in [7, 11) is 2.12. The van der Waals surface area contributed by atoms with Gasteiger partial charge in [-0.15, -0.1) is 0 Å². The Morgan fingerprint density at radius 1 is 1.07 bits per heavy atom. The lowest BCUT2D eigenvalue weighted by atomic mass is 10.3. The monoisotopic (exact) mass is 384 g/mol. The number of nitrogens with zero attached hydrogens (tertiary/aromatic N) is 3. The minimum Gasteiger partial charge on any atom is -0.490 e. The molecular formula is C21H28N4O3. The number of piperazine rings is 1. The Bertz CT molecular complexity index is 759. The highest BCUT2D eigenvalue weighted by Crippen LogP contribution is 2.26. The van der Waals surface area contributed by atoms with Crippen LogP contribution in [0.2, 0.25) is 0 Å². The van der Waals surface area contributed by atoms with Gasteiger partial charge in [0, 0.05) is 26.2 Å². The molecule has 2 heterocycles. The van der Waals surface area contributed by atoms with Crippen LogP contribution in [0, 0.1) is 0 Å². The summed E-state index contributed by atoms with van der Waals surface area (Å²) >= 11 is 0. The van der Waals surface area contributed by atoms with E-state index >= 15 is 0 Å². The molecule has 1 N–H and O–H groups in total. The van der Waals surface area contributed by atoms with Gasteiger partial charge in [-0.2, -0.15) is 0 Å². The summed E-state index contributed by atoms with van der Waals surface area (Å²) in [4.78, 5) is 21.2. The molecule has 150 valence electrons. The van der Waals surface area contributed by atoms with E-state index < -0.39 is 0 Å². The van der Waals surface area contributed by atoms with Crippen LogP contribution in [0.1, 0.15) is 13.3 Å². The van der Waals surface area contributed by atoms with Crippen LogP contribution in [0.15, 0.2) is 42.6 Å². The van der Waals surface area contributed by atoms with Crippen LogP contribution in [-0.2, 0) is 4.79 Å². The molecule has 3 rings (SSSR count). The van der Waals surface area contributed by atoms with Gasteiger partial charge in [-0.25, -0.2) is 4.98 Å². The Morgan fingerprint density at radius 3 is 2.43 bits per heavy atom. The summed E-state index contributed by atoms with van der Waals surface area (Å²) in [6, 6.07) is 11.2. The van der Waals surface area contributed by atoms with Gasteiger partial charge in [0.1, 0.15) is 5.82 Å². The van der Waals surface area contributed by atoms with E-state index in [1.165, 1.54) is 0 Å². The molecule has 2 aromatic rings. The van der Waals surface area contributed by atoms with Gasteiger partial charge in [-0.1, -0.05) is 19.1 Å². The Labute approximate surface area is 166 Å². The van der Waals surface area contributed by atoms with Crippen LogP contribution in [0.5, 0.6) is 11.5 Å². The lowest BCUT2D eigenvalue weighted by Gasteiger charge is -2.33. The summed E-state index contributed by atoms with van der Waals surface area (Å²) in [5.74, 6) is 1.91.